The Labute approximate surface area is 122 Å². The van der Waals surface area contributed by atoms with Crippen molar-refractivity contribution >= 4 is 11.6 Å². The van der Waals surface area contributed by atoms with Crippen molar-refractivity contribution in [1.29, 1.82) is 0 Å². The summed E-state index contributed by atoms with van der Waals surface area (Å²) in [5, 5.41) is 10.9. The molecule has 7 nitrogen and oxygen atoms in total. The number of morpholine rings is 1. The van der Waals surface area contributed by atoms with Crippen molar-refractivity contribution in [2.24, 2.45) is 0 Å². The van der Waals surface area contributed by atoms with Gasteiger partial charge in [-0.15, -0.1) is 0 Å². The molecular formula is C14H18N2O5. The van der Waals surface area contributed by atoms with Gasteiger partial charge in [0.05, 0.1) is 24.2 Å². The fourth-order valence-electron chi connectivity index (χ4n) is 2.49. The molecule has 0 radical (unpaired) electrons. The summed E-state index contributed by atoms with van der Waals surface area (Å²) in [6.45, 7) is 4.82. The third kappa shape index (κ3) is 3.30. The molecule has 0 saturated carbocycles. The van der Waals surface area contributed by atoms with Gasteiger partial charge >= 0.3 is 5.69 Å². The monoisotopic (exact) mass is 294 g/mol. The van der Waals surface area contributed by atoms with Gasteiger partial charge in [-0.05, 0) is 19.9 Å². The van der Waals surface area contributed by atoms with Gasteiger partial charge in [0, 0.05) is 30.8 Å². The first kappa shape index (κ1) is 15.2. The smallest absolute Gasteiger partial charge is 0.310 e. The number of nitrogens with zero attached hydrogens (tertiary/aromatic N) is 2. The Balaban J connectivity index is 2.25. The number of carbonyl (C=O) groups is 1. The third-order valence-corrected chi connectivity index (χ3v) is 3.33. The highest BCUT2D eigenvalue weighted by Gasteiger charge is 2.27. The lowest BCUT2D eigenvalue weighted by Crippen LogP contribution is -2.48. The molecule has 0 spiro atoms. The molecule has 1 saturated heterocycles. The molecule has 1 aliphatic heterocycles. The van der Waals surface area contributed by atoms with E-state index in [4.69, 9.17) is 9.47 Å². The molecule has 0 unspecified atom stereocenters. The molecular weight excluding hydrogens is 276 g/mol. The van der Waals surface area contributed by atoms with Crippen LogP contribution in [-0.4, -0.2) is 48.1 Å². The maximum atomic E-state index is 12.5. The molecule has 0 aliphatic carbocycles. The Morgan fingerprint density at radius 3 is 2.52 bits per heavy atom. The van der Waals surface area contributed by atoms with Crippen LogP contribution in [0.1, 0.15) is 24.2 Å². The van der Waals surface area contributed by atoms with Crippen LogP contribution in [0.15, 0.2) is 18.2 Å². The van der Waals surface area contributed by atoms with Crippen LogP contribution in [0.4, 0.5) is 5.69 Å². The molecule has 2 atom stereocenters. The standard InChI is InChI=1S/C14H18N2O5/c1-9-7-15(8-10(2)21-9)14(17)11-4-5-12(16(18)19)13(6-11)20-3/h4-6,9-10H,7-8H2,1-3H3/t9-,10+. The van der Waals surface area contributed by atoms with E-state index >= 15 is 0 Å². The summed E-state index contributed by atoms with van der Waals surface area (Å²) in [6, 6.07) is 4.15. The number of nitro benzene ring substituents is 1. The minimum Gasteiger partial charge on any atom is -0.490 e. The van der Waals surface area contributed by atoms with Crippen LogP contribution in [0, 0.1) is 10.1 Å². The number of carbonyl (C=O) groups excluding carboxylic acids is 1. The second-order valence-electron chi connectivity index (χ2n) is 5.11. The zero-order chi connectivity index (χ0) is 15.6. The van der Waals surface area contributed by atoms with Gasteiger partial charge in [0.1, 0.15) is 0 Å². The minimum atomic E-state index is -0.536. The van der Waals surface area contributed by atoms with Gasteiger partial charge in [-0.3, -0.25) is 14.9 Å². The van der Waals surface area contributed by atoms with Crippen LogP contribution in [0.3, 0.4) is 0 Å². The number of hydrogen-bond donors (Lipinski definition) is 0. The lowest BCUT2D eigenvalue weighted by atomic mass is 10.1. The molecule has 0 bridgehead atoms. The predicted octanol–water partition coefficient (Wildman–Crippen LogP) is 1.85. The minimum absolute atomic E-state index is 0.0300. The summed E-state index contributed by atoms with van der Waals surface area (Å²) >= 11 is 0. The molecule has 1 aromatic rings. The van der Waals surface area contributed by atoms with Crippen molar-refractivity contribution in [2.45, 2.75) is 26.1 Å². The maximum Gasteiger partial charge on any atom is 0.310 e. The number of amides is 1. The van der Waals surface area contributed by atoms with Crippen molar-refractivity contribution in [3.8, 4) is 5.75 Å². The second kappa shape index (κ2) is 6.09. The summed E-state index contributed by atoms with van der Waals surface area (Å²) in [5.74, 6) is -0.0922. The number of ether oxygens (including phenoxy) is 2. The highest BCUT2D eigenvalue weighted by atomic mass is 16.6. The number of nitro groups is 1. The Morgan fingerprint density at radius 1 is 1.38 bits per heavy atom. The summed E-state index contributed by atoms with van der Waals surface area (Å²) in [7, 11) is 1.34. The molecule has 1 fully saturated rings. The average Bonchev–Trinajstić information content (AvgIpc) is 2.44. The number of hydrogen-bond acceptors (Lipinski definition) is 5. The van der Waals surface area contributed by atoms with Gasteiger partial charge in [-0.2, -0.15) is 0 Å². The molecule has 2 rings (SSSR count). The maximum absolute atomic E-state index is 12.5. The van der Waals surface area contributed by atoms with Crippen molar-refractivity contribution in [3.63, 3.8) is 0 Å². The molecule has 1 aliphatic rings. The van der Waals surface area contributed by atoms with Crippen molar-refractivity contribution in [2.75, 3.05) is 20.2 Å². The van der Waals surface area contributed by atoms with E-state index < -0.39 is 4.92 Å². The van der Waals surface area contributed by atoms with Crippen LogP contribution in [-0.2, 0) is 4.74 Å². The molecule has 1 aromatic carbocycles. The van der Waals surface area contributed by atoms with Gasteiger partial charge in [0.2, 0.25) is 0 Å². The zero-order valence-corrected chi connectivity index (χ0v) is 12.2. The molecule has 114 valence electrons. The summed E-state index contributed by atoms with van der Waals surface area (Å²) in [6.07, 6.45) is -0.0599. The van der Waals surface area contributed by atoms with Crippen molar-refractivity contribution < 1.29 is 19.2 Å². The largest absolute Gasteiger partial charge is 0.490 e. The molecule has 21 heavy (non-hydrogen) atoms. The average molecular weight is 294 g/mol. The van der Waals surface area contributed by atoms with E-state index in [1.165, 1.54) is 25.3 Å². The highest BCUT2D eigenvalue weighted by Crippen LogP contribution is 2.28. The van der Waals surface area contributed by atoms with Gasteiger partial charge in [0.15, 0.2) is 5.75 Å². The van der Waals surface area contributed by atoms with E-state index in [-0.39, 0.29) is 29.6 Å². The molecule has 7 heteroatoms. The van der Waals surface area contributed by atoms with E-state index in [2.05, 4.69) is 0 Å². The lowest BCUT2D eigenvalue weighted by molar-refractivity contribution is -0.385. The first-order chi connectivity index (χ1) is 9.92. The first-order valence-corrected chi connectivity index (χ1v) is 6.69. The van der Waals surface area contributed by atoms with Gasteiger partial charge in [-0.25, -0.2) is 0 Å². The first-order valence-electron chi connectivity index (χ1n) is 6.69. The van der Waals surface area contributed by atoms with Gasteiger partial charge in [-0.1, -0.05) is 0 Å². The van der Waals surface area contributed by atoms with Crippen molar-refractivity contribution in [3.05, 3.63) is 33.9 Å². The molecule has 0 N–H and O–H groups in total. The van der Waals surface area contributed by atoms with E-state index in [1.807, 2.05) is 13.8 Å². The number of benzene rings is 1. The number of rotatable bonds is 3. The Hall–Kier alpha value is -2.15. The SMILES string of the molecule is COc1cc(C(=O)N2C[C@@H](C)O[C@@H](C)C2)ccc1[N+](=O)[O-]. The summed E-state index contributed by atoms with van der Waals surface area (Å²) in [5.41, 5.74) is 0.219. The predicted molar refractivity (Wildman–Crippen MR) is 75.6 cm³/mol. The van der Waals surface area contributed by atoms with E-state index in [0.717, 1.165) is 0 Å². The molecule has 1 amide bonds. The lowest BCUT2D eigenvalue weighted by Gasteiger charge is -2.35. The summed E-state index contributed by atoms with van der Waals surface area (Å²) < 4.78 is 10.6. The van der Waals surface area contributed by atoms with Crippen LogP contribution >= 0.6 is 0 Å². The van der Waals surface area contributed by atoms with Crippen LogP contribution in [0.5, 0.6) is 5.75 Å². The third-order valence-electron chi connectivity index (χ3n) is 3.33. The fourth-order valence-corrected chi connectivity index (χ4v) is 2.49. The van der Waals surface area contributed by atoms with E-state index in [0.29, 0.717) is 18.7 Å². The second-order valence-corrected chi connectivity index (χ2v) is 5.11. The summed E-state index contributed by atoms with van der Waals surface area (Å²) in [4.78, 5) is 24.5. The van der Waals surface area contributed by atoms with Crippen LogP contribution in [0.25, 0.3) is 0 Å². The fraction of sp³-hybridized carbons (Fsp3) is 0.500. The topological polar surface area (TPSA) is 81.9 Å². The van der Waals surface area contributed by atoms with Crippen molar-refractivity contribution in [1.82, 2.24) is 4.90 Å². The van der Waals surface area contributed by atoms with Gasteiger partial charge in [0.25, 0.3) is 5.91 Å². The molecule has 1 heterocycles. The van der Waals surface area contributed by atoms with E-state index in [9.17, 15) is 14.9 Å². The van der Waals surface area contributed by atoms with Crippen LogP contribution in [0.2, 0.25) is 0 Å². The van der Waals surface area contributed by atoms with Gasteiger partial charge < -0.3 is 14.4 Å². The Morgan fingerprint density at radius 2 is 2.00 bits per heavy atom. The Bertz CT molecular complexity index is 550. The Kier molecular flexibility index (Phi) is 4.42. The molecule has 0 aromatic heterocycles. The highest BCUT2D eigenvalue weighted by molar-refractivity contribution is 5.95. The quantitative estimate of drug-likeness (QED) is 0.627. The zero-order valence-electron chi connectivity index (χ0n) is 12.2. The van der Waals surface area contributed by atoms with E-state index in [1.54, 1.807) is 4.90 Å². The number of methoxy groups -OCH3 is 1. The van der Waals surface area contributed by atoms with Crippen LogP contribution < -0.4 is 4.74 Å². The normalized spacial score (nSPS) is 22.0.